The Morgan fingerprint density at radius 2 is 1.87 bits per heavy atom. The Labute approximate surface area is 181 Å². The number of hydrogen-bond acceptors (Lipinski definition) is 5. The van der Waals surface area contributed by atoms with E-state index in [0.29, 0.717) is 34.9 Å². The van der Waals surface area contributed by atoms with Gasteiger partial charge in [0.2, 0.25) is 10.0 Å². The molecular weight excluding hydrogens is 418 g/mol. The monoisotopic (exact) mass is 443 g/mol. The Kier molecular flexibility index (Phi) is 5.99. The van der Waals surface area contributed by atoms with Crippen LogP contribution in [0.5, 0.6) is 0 Å². The van der Waals surface area contributed by atoms with Crippen molar-refractivity contribution in [2.45, 2.75) is 24.9 Å². The third-order valence-corrected chi connectivity index (χ3v) is 7.88. The second kappa shape index (κ2) is 8.53. The summed E-state index contributed by atoms with van der Waals surface area (Å²) in [6.45, 7) is 3.12. The van der Waals surface area contributed by atoms with E-state index in [1.807, 2.05) is 49.4 Å². The highest BCUT2D eigenvalue weighted by Gasteiger charge is 2.26. The number of nitrogens with zero attached hydrogens (tertiary/aromatic N) is 3. The highest BCUT2D eigenvalue weighted by atomic mass is 32.2. The molecule has 2 heterocycles. The molecule has 1 aliphatic heterocycles. The number of piperidine rings is 1. The van der Waals surface area contributed by atoms with E-state index in [9.17, 15) is 13.2 Å². The van der Waals surface area contributed by atoms with E-state index in [1.165, 1.54) is 18.0 Å². The van der Waals surface area contributed by atoms with Crippen molar-refractivity contribution in [1.82, 2.24) is 13.9 Å². The first-order chi connectivity index (χ1) is 14.3. The lowest BCUT2D eigenvalue weighted by atomic mass is 10.0. The van der Waals surface area contributed by atoms with Crippen LogP contribution in [0.25, 0.3) is 16.6 Å². The number of para-hydroxylation sites is 1. The van der Waals surface area contributed by atoms with Gasteiger partial charge in [0, 0.05) is 18.8 Å². The summed E-state index contributed by atoms with van der Waals surface area (Å²) >= 11 is 1.52. The predicted octanol–water partition coefficient (Wildman–Crippen LogP) is 3.46. The normalized spacial score (nSPS) is 18.0. The molecule has 0 aliphatic carbocycles. The lowest BCUT2D eigenvalue weighted by molar-refractivity contribution is 0.286. The van der Waals surface area contributed by atoms with Crippen LogP contribution in [0.4, 0.5) is 0 Å². The summed E-state index contributed by atoms with van der Waals surface area (Å²) < 4.78 is 27.1. The van der Waals surface area contributed by atoms with Gasteiger partial charge in [-0.1, -0.05) is 41.6 Å². The van der Waals surface area contributed by atoms with Crippen molar-refractivity contribution in [1.29, 1.82) is 0 Å². The lowest BCUT2D eigenvalue weighted by Gasteiger charge is -2.30. The van der Waals surface area contributed by atoms with Crippen LogP contribution in [0.2, 0.25) is 0 Å². The highest BCUT2D eigenvalue weighted by molar-refractivity contribution is 7.99. The molecule has 30 heavy (non-hydrogen) atoms. The molecule has 0 radical (unpaired) electrons. The van der Waals surface area contributed by atoms with Gasteiger partial charge >= 0.3 is 0 Å². The first kappa shape index (κ1) is 21.1. The summed E-state index contributed by atoms with van der Waals surface area (Å²) in [6, 6.07) is 15.2. The maximum Gasteiger partial charge on any atom is 0.266 e. The van der Waals surface area contributed by atoms with Gasteiger partial charge in [-0.3, -0.25) is 9.36 Å². The summed E-state index contributed by atoms with van der Waals surface area (Å²) in [4.78, 5) is 18.1. The molecule has 1 fully saturated rings. The molecule has 0 amide bonds. The number of aromatic nitrogens is 2. The van der Waals surface area contributed by atoms with Crippen LogP contribution in [-0.2, 0) is 10.0 Å². The molecule has 0 saturated carbocycles. The van der Waals surface area contributed by atoms with Gasteiger partial charge in [0.25, 0.3) is 5.56 Å². The second-order valence-electron chi connectivity index (χ2n) is 7.83. The number of fused-ring (bicyclic) bond motifs is 1. The second-order valence-corrected chi connectivity index (χ2v) is 10.8. The summed E-state index contributed by atoms with van der Waals surface area (Å²) in [7, 11) is -3.18. The summed E-state index contributed by atoms with van der Waals surface area (Å²) in [5, 5.41) is 1.22. The van der Waals surface area contributed by atoms with Crippen LogP contribution in [0.15, 0.2) is 58.5 Å². The maximum atomic E-state index is 13.3. The first-order valence-corrected chi connectivity index (χ1v) is 12.8. The Balaban J connectivity index is 1.68. The van der Waals surface area contributed by atoms with Gasteiger partial charge in [0.15, 0.2) is 5.16 Å². The largest absolute Gasteiger partial charge is 0.268 e. The molecule has 0 unspecified atom stereocenters. The van der Waals surface area contributed by atoms with Crippen LogP contribution < -0.4 is 5.56 Å². The minimum Gasteiger partial charge on any atom is -0.268 e. The number of benzene rings is 2. The standard InChI is InChI=1S/C22H25N3O3S2/c1-16-9-11-18(12-10-16)25-21(26)19-7-3-4-8-20(19)23-22(25)29-15-17-6-5-13-24(14-17)30(2,27)28/h3-4,7-12,17H,5-6,13-15H2,1-2H3/t17-/m0/s1. The molecule has 0 spiro atoms. The smallest absolute Gasteiger partial charge is 0.266 e. The maximum absolute atomic E-state index is 13.3. The fourth-order valence-electron chi connectivity index (χ4n) is 3.79. The van der Waals surface area contributed by atoms with Gasteiger partial charge in [-0.15, -0.1) is 0 Å². The molecule has 4 rings (SSSR count). The minimum absolute atomic E-state index is 0.0895. The van der Waals surface area contributed by atoms with E-state index in [2.05, 4.69) is 0 Å². The van der Waals surface area contributed by atoms with Gasteiger partial charge in [0.05, 0.1) is 22.8 Å². The Morgan fingerprint density at radius 3 is 2.60 bits per heavy atom. The molecule has 158 valence electrons. The molecule has 8 heteroatoms. The number of aryl methyl sites for hydroxylation is 1. The summed E-state index contributed by atoms with van der Waals surface area (Å²) in [6.07, 6.45) is 3.10. The van der Waals surface area contributed by atoms with Crippen LogP contribution >= 0.6 is 11.8 Å². The predicted molar refractivity (Wildman–Crippen MR) is 122 cm³/mol. The summed E-state index contributed by atoms with van der Waals surface area (Å²) in [5.41, 5.74) is 2.49. The summed E-state index contributed by atoms with van der Waals surface area (Å²) in [5.74, 6) is 0.941. The molecule has 1 saturated heterocycles. The zero-order valence-corrected chi connectivity index (χ0v) is 18.7. The SMILES string of the molecule is Cc1ccc(-n2c(SC[C@H]3CCCN(S(C)(=O)=O)C3)nc3ccccc3c2=O)cc1. The highest BCUT2D eigenvalue weighted by Crippen LogP contribution is 2.27. The average molecular weight is 444 g/mol. The molecule has 1 atom stereocenters. The Bertz CT molecular complexity index is 1220. The lowest BCUT2D eigenvalue weighted by Crippen LogP contribution is -2.40. The molecule has 1 aliphatic rings. The molecule has 2 aromatic carbocycles. The van der Waals surface area contributed by atoms with Crippen LogP contribution in [0, 0.1) is 12.8 Å². The van der Waals surface area contributed by atoms with Crippen molar-refractivity contribution >= 4 is 32.7 Å². The van der Waals surface area contributed by atoms with Crippen molar-refractivity contribution in [2.24, 2.45) is 5.92 Å². The average Bonchev–Trinajstić information content (AvgIpc) is 2.73. The van der Waals surface area contributed by atoms with Gasteiger partial charge < -0.3 is 0 Å². The van der Waals surface area contributed by atoms with Crippen molar-refractivity contribution in [3.05, 3.63) is 64.4 Å². The topological polar surface area (TPSA) is 72.3 Å². The molecule has 6 nitrogen and oxygen atoms in total. The number of sulfonamides is 1. The van der Waals surface area contributed by atoms with E-state index in [4.69, 9.17) is 4.98 Å². The van der Waals surface area contributed by atoms with Crippen LogP contribution in [0.3, 0.4) is 0 Å². The zero-order valence-electron chi connectivity index (χ0n) is 17.1. The fourth-order valence-corrected chi connectivity index (χ4v) is 5.87. The number of hydrogen-bond donors (Lipinski definition) is 0. The third-order valence-electron chi connectivity index (χ3n) is 5.44. The third kappa shape index (κ3) is 4.45. The van der Waals surface area contributed by atoms with E-state index in [1.54, 1.807) is 14.9 Å². The van der Waals surface area contributed by atoms with Crippen molar-refractivity contribution in [3.8, 4) is 5.69 Å². The minimum atomic E-state index is -3.18. The van der Waals surface area contributed by atoms with Gasteiger partial charge in [-0.2, -0.15) is 0 Å². The van der Waals surface area contributed by atoms with E-state index in [-0.39, 0.29) is 11.5 Å². The Morgan fingerprint density at radius 1 is 1.13 bits per heavy atom. The van der Waals surface area contributed by atoms with E-state index >= 15 is 0 Å². The quantitative estimate of drug-likeness (QED) is 0.446. The molecule has 3 aromatic rings. The zero-order chi connectivity index (χ0) is 21.3. The van der Waals surface area contributed by atoms with Gasteiger partial charge in [0.1, 0.15) is 0 Å². The number of thioether (sulfide) groups is 1. The molecule has 1 aromatic heterocycles. The van der Waals surface area contributed by atoms with Crippen molar-refractivity contribution in [2.75, 3.05) is 25.1 Å². The van der Waals surface area contributed by atoms with Crippen LogP contribution in [0.1, 0.15) is 18.4 Å². The van der Waals surface area contributed by atoms with Crippen LogP contribution in [-0.4, -0.2) is 47.4 Å². The molecule has 0 bridgehead atoms. The molecular formula is C22H25N3O3S2. The van der Waals surface area contributed by atoms with Gasteiger partial charge in [-0.05, 0) is 49.9 Å². The fraction of sp³-hybridized carbons (Fsp3) is 0.364. The first-order valence-electron chi connectivity index (χ1n) is 10.00. The van der Waals surface area contributed by atoms with E-state index in [0.717, 1.165) is 24.1 Å². The molecule has 0 N–H and O–H groups in total. The van der Waals surface area contributed by atoms with Crippen molar-refractivity contribution < 1.29 is 8.42 Å². The van der Waals surface area contributed by atoms with Crippen molar-refractivity contribution in [3.63, 3.8) is 0 Å². The van der Waals surface area contributed by atoms with E-state index < -0.39 is 10.0 Å². The number of rotatable bonds is 5. The Hall–Kier alpha value is -2.16. The van der Waals surface area contributed by atoms with Gasteiger partial charge in [-0.25, -0.2) is 17.7 Å².